The lowest BCUT2D eigenvalue weighted by Crippen LogP contribution is -2.37. The number of rotatable bonds is 8. The third kappa shape index (κ3) is 5.17. The van der Waals surface area contributed by atoms with Gasteiger partial charge in [-0.3, -0.25) is 14.2 Å². The van der Waals surface area contributed by atoms with Crippen LogP contribution < -0.4 is 5.56 Å². The highest BCUT2D eigenvalue weighted by atomic mass is 19.1. The molecule has 4 aromatic rings. The number of hydrogen-bond acceptors (Lipinski definition) is 3. The number of hydrogen-bond donors (Lipinski definition) is 0. The van der Waals surface area contributed by atoms with E-state index in [2.05, 4.69) is 11.9 Å². The Morgan fingerprint density at radius 1 is 1.00 bits per heavy atom. The van der Waals surface area contributed by atoms with Gasteiger partial charge >= 0.3 is 0 Å². The van der Waals surface area contributed by atoms with Crippen LogP contribution in [0.15, 0.2) is 83.8 Å². The molecule has 2 aromatic heterocycles. The van der Waals surface area contributed by atoms with Gasteiger partial charge in [0.1, 0.15) is 17.0 Å². The number of carbonyl (C=O) groups is 1. The number of carbonyl (C=O) groups excluding carboxylic acids is 1. The summed E-state index contributed by atoms with van der Waals surface area (Å²) in [4.78, 5) is 33.3. The number of unbranched alkanes of at least 4 members (excludes halogenated alkanes) is 1. The second-order valence-electron chi connectivity index (χ2n) is 8.06. The Labute approximate surface area is 192 Å². The largest absolute Gasteiger partial charge is 0.334 e. The quantitative estimate of drug-likeness (QED) is 0.384. The Kier molecular flexibility index (Phi) is 6.93. The zero-order chi connectivity index (χ0) is 23.2. The number of pyridine rings is 2. The van der Waals surface area contributed by atoms with Gasteiger partial charge in [0, 0.05) is 24.7 Å². The van der Waals surface area contributed by atoms with E-state index in [1.807, 2.05) is 36.4 Å². The number of fused-ring (bicyclic) bond motifs is 1. The van der Waals surface area contributed by atoms with Gasteiger partial charge in [-0.2, -0.15) is 0 Å². The Bertz CT molecular complexity index is 1300. The molecule has 0 aliphatic rings. The van der Waals surface area contributed by atoms with Crippen LogP contribution in [0.2, 0.25) is 0 Å². The molecule has 0 bridgehead atoms. The Morgan fingerprint density at radius 2 is 1.76 bits per heavy atom. The van der Waals surface area contributed by atoms with E-state index in [4.69, 9.17) is 0 Å². The standard InChI is InChI=1S/C27H26FN3O2/c1-2-3-16-30(18-20-8-5-4-6-9-20)26(32)24-17-22-10-7-15-29-25(22)31(27(24)33)19-21-11-13-23(28)14-12-21/h4-15,17H,2-3,16,18-19H2,1H3. The predicted octanol–water partition coefficient (Wildman–Crippen LogP) is 5.03. The zero-order valence-electron chi connectivity index (χ0n) is 18.6. The summed E-state index contributed by atoms with van der Waals surface area (Å²) in [7, 11) is 0. The molecule has 0 saturated carbocycles. The second kappa shape index (κ2) is 10.2. The molecule has 33 heavy (non-hydrogen) atoms. The van der Waals surface area contributed by atoms with Crippen molar-refractivity contribution >= 4 is 16.9 Å². The van der Waals surface area contributed by atoms with Crippen LogP contribution in [0.3, 0.4) is 0 Å². The van der Waals surface area contributed by atoms with Gasteiger partial charge in [-0.25, -0.2) is 9.37 Å². The molecular weight excluding hydrogens is 417 g/mol. The Balaban J connectivity index is 1.76. The minimum atomic E-state index is -0.398. The molecule has 2 heterocycles. The van der Waals surface area contributed by atoms with Gasteiger partial charge in [-0.05, 0) is 47.9 Å². The number of nitrogens with zero attached hydrogens (tertiary/aromatic N) is 3. The van der Waals surface area contributed by atoms with Crippen molar-refractivity contribution in [3.63, 3.8) is 0 Å². The van der Waals surface area contributed by atoms with Crippen LogP contribution >= 0.6 is 0 Å². The van der Waals surface area contributed by atoms with Crippen molar-refractivity contribution in [3.8, 4) is 0 Å². The van der Waals surface area contributed by atoms with Crippen molar-refractivity contribution in [2.45, 2.75) is 32.9 Å². The number of amides is 1. The van der Waals surface area contributed by atoms with Gasteiger partial charge < -0.3 is 4.90 Å². The van der Waals surface area contributed by atoms with E-state index < -0.39 is 5.56 Å². The van der Waals surface area contributed by atoms with Crippen LogP contribution in [0.1, 0.15) is 41.3 Å². The summed E-state index contributed by atoms with van der Waals surface area (Å²) in [5.74, 6) is -0.638. The molecule has 1 amide bonds. The van der Waals surface area contributed by atoms with Crippen LogP contribution in [-0.2, 0) is 13.1 Å². The van der Waals surface area contributed by atoms with E-state index in [9.17, 15) is 14.0 Å². The van der Waals surface area contributed by atoms with Crippen molar-refractivity contribution in [2.24, 2.45) is 0 Å². The van der Waals surface area contributed by atoms with Crippen molar-refractivity contribution in [1.29, 1.82) is 0 Å². The van der Waals surface area contributed by atoms with Gasteiger partial charge in [0.15, 0.2) is 0 Å². The molecule has 6 heteroatoms. The highest BCUT2D eigenvalue weighted by Crippen LogP contribution is 2.16. The average Bonchev–Trinajstić information content (AvgIpc) is 2.84. The summed E-state index contributed by atoms with van der Waals surface area (Å²) in [5.41, 5.74) is 1.97. The monoisotopic (exact) mass is 443 g/mol. The number of halogens is 1. The first-order valence-corrected chi connectivity index (χ1v) is 11.1. The first kappa shape index (κ1) is 22.4. The summed E-state index contributed by atoms with van der Waals surface area (Å²) >= 11 is 0. The maximum Gasteiger partial charge on any atom is 0.265 e. The molecule has 0 N–H and O–H groups in total. The molecule has 0 aliphatic carbocycles. The molecule has 0 aliphatic heterocycles. The molecule has 0 radical (unpaired) electrons. The smallest absolute Gasteiger partial charge is 0.265 e. The molecule has 0 fully saturated rings. The maximum absolute atomic E-state index is 13.6. The first-order chi connectivity index (χ1) is 16.1. The van der Waals surface area contributed by atoms with E-state index in [1.54, 1.807) is 35.4 Å². The first-order valence-electron chi connectivity index (χ1n) is 11.1. The van der Waals surface area contributed by atoms with Crippen LogP contribution in [-0.4, -0.2) is 26.9 Å². The molecule has 0 unspecified atom stereocenters. The lowest BCUT2D eigenvalue weighted by atomic mass is 10.1. The summed E-state index contributed by atoms with van der Waals surface area (Å²) in [5, 5.41) is 0.706. The number of aromatic nitrogens is 2. The van der Waals surface area contributed by atoms with E-state index in [0.717, 1.165) is 24.0 Å². The molecule has 168 valence electrons. The zero-order valence-corrected chi connectivity index (χ0v) is 18.6. The summed E-state index contributed by atoms with van der Waals surface area (Å²) in [6.45, 7) is 3.26. The van der Waals surface area contributed by atoms with E-state index >= 15 is 0 Å². The van der Waals surface area contributed by atoms with Gasteiger partial charge in [0.2, 0.25) is 0 Å². The molecule has 2 aromatic carbocycles. The second-order valence-corrected chi connectivity index (χ2v) is 8.06. The van der Waals surface area contributed by atoms with Crippen molar-refractivity contribution in [1.82, 2.24) is 14.5 Å². The average molecular weight is 444 g/mol. The lowest BCUT2D eigenvalue weighted by Gasteiger charge is -2.23. The van der Waals surface area contributed by atoms with Crippen LogP contribution in [0.5, 0.6) is 0 Å². The van der Waals surface area contributed by atoms with Crippen LogP contribution in [0.25, 0.3) is 11.0 Å². The predicted molar refractivity (Wildman–Crippen MR) is 128 cm³/mol. The van der Waals surface area contributed by atoms with Gasteiger partial charge in [0.05, 0.1) is 6.54 Å². The normalized spacial score (nSPS) is 11.0. The van der Waals surface area contributed by atoms with E-state index in [-0.39, 0.29) is 23.8 Å². The molecule has 0 atom stereocenters. The summed E-state index contributed by atoms with van der Waals surface area (Å²) in [6, 6.07) is 21.0. The fourth-order valence-corrected chi connectivity index (χ4v) is 3.85. The highest BCUT2D eigenvalue weighted by Gasteiger charge is 2.22. The fourth-order valence-electron chi connectivity index (χ4n) is 3.85. The fraction of sp³-hybridized carbons (Fsp3) is 0.222. The SMILES string of the molecule is CCCCN(Cc1ccccc1)C(=O)c1cc2cccnc2n(Cc2ccc(F)cc2)c1=O. The lowest BCUT2D eigenvalue weighted by molar-refractivity contribution is 0.0738. The summed E-state index contributed by atoms with van der Waals surface area (Å²) < 4.78 is 14.9. The maximum atomic E-state index is 13.6. The highest BCUT2D eigenvalue weighted by molar-refractivity contribution is 5.97. The van der Waals surface area contributed by atoms with Gasteiger partial charge in [0.25, 0.3) is 11.5 Å². The topological polar surface area (TPSA) is 55.2 Å². The third-order valence-electron chi connectivity index (χ3n) is 5.62. The minimum Gasteiger partial charge on any atom is -0.334 e. The molecule has 5 nitrogen and oxygen atoms in total. The summed E-state index contributed by atoms with van der Waals surface area (Å²) in [6.07, 6.45) is 3.40. The van der Waals surface area contributed by atoms with E-state index in [1.165, 1.54) is 16.7 Å². The molecule has 0 spiro atoms. The third-order valence-corrected chi connectivity index (χ3v) is 5.62. The van der Waals surface area contributed by atoms with Gasteiger partial charge in [-0.15, -0.1) is 0 Å². The Morgan fingerprint density at radius 3 is 2.48 bits per heavy atom. The molecule has 0 saturated heterocycles. The van der Waals surface area contributed by atoms with Crippen LogP contribution in [0, 0.1) is 5.82 Å². The van der Waals surface area contributed by atoms with Crippen molar-refractivity contribution < 1.29 is 9.18 Å². The Hall–Kier alpha value is -3.80. The molecule has 4 rings (SSSR count). The van der Waals surface area contributed by atoms with E-state index in [0.29, 0.717) is 24.1 Å². The minimum absolute atomic E-state index is 0.115. The number of benzene rings is 2. The van der Waals surface area contributed by atoms with Crippen molar-refractivity contribution in [2.75, 3.05) is 6.54 Å². The van der Waals surface area contributed by atoms with Crippen LogP contribution in [0.4, 0.5) is 4.39 Å². The molecular formula is C27H26FN3O2. The van der Waals surface area contributed by atoms with Gasteiger partial charge in [-0.1, -0.05) is 55.8 Å². The van der Waals surface area contributed by atoms with Crippen molar-refractivity contribution in [3.05, 3.63) is 112 Å².